The number of alkyl halides is 3. The standard InChI is InChI=1S/C27H32F3N3O7/c1-4-11-7-13(10-32-6-5-26(28,29)30)20(34)17-14(11)8-12-9-15-19(33(2)3)22(36)18(25(31)39)24(38)27(15,40)23(37)16(12)21(17)35/h7,12,15,19,32,34-35,38,40H,4-6,8-10H2,1-3H3,(H2,31,39)/t12?,15?,19-,27-/m0/s1. The number of Topliss-reactive ketones (excluding diaryl/α,β-unsaturated/α-hetero) is 2. The number of nitrogens with zero attached hydrogens (tertiary/aromatic N) is 1. The van der Waals surface area contributed by atoms with Crippen LogP contribution in [-0.4, -0.2) is 81.3 Å². The summed E-state index contributed by atoms with van der Waals surface area (Å²) in [5.74, 6) is -7.41. The van der Waals surface area contributed by atoms with Gasteiger partial charge in [0.15, 0.2) is 11.4 Å². The molecule has 0 heterocycles. The minimum atomic E-state index is -4.36. The van der Waals surface area contributed by atoms with Crippen LogP contribution in [0.2, 0.25) is 0 Å². The molecule has 10 nitrogen and oxygen atoms in total. The average molecular weight is 568 g/mol. The predicted molar refractivity (Wildman–Crippen MR) is 136 cm³/mol. The summed E-state index contributed by atoms with van der Waals surface area (Å²) in [5.41, 5.74) is 2.75. The molecule has 1 saturated carbocycles. The van der Waals surface area contributed by atoms with E-state index in [1.54, 1.807) is 6.07 Å². The molecule has 4 rings (SSSR count). The second-order valence-corrected chi connectivity index (χ2v) is 10.8. The summed E-state index contributed by atoms with van der Waals surface area (Å²) in [6.45, 7) is 1.28. The Hall–Kier alpha value is -3.42. The highest BCUT2D eigenvalue weighted by atomic mass is 19.4. The first-order chi connectivity index (χ1) is 18.6. The lowest BCUT2D eigenvalue weighted by Gasteiger charge is -2.50. The summed E-state index contributed by atoms with van der Waals surface area (Å²) in [6.07, 6.45) is -4.88. The smallest absolute Gasteiger partial charge is 0.390 e. The van der Waals surface area contributed by atoms with E-state index in [0.717, 1.165) is 0 Å². The van der Waals surface area contributed by atoms with Gasteiger partial charge < -0.3 is 31.5 Å². The zero-order valence-electron chi connectivity index (χ0n) is 22.2. The van der Waals surface area contributed by atoms with E-state index in [9.17, 15) is 48.0 Å². The molecule has 4 atom stereocenters. The molecule has 3 aliphatic carbocycles. The number of aryl methyl sites for hydroxylation is 1. The highest BCUT2D eigenvalue weighted by Crippen LogP contribution is 2.53. The Kier molecular flexibility index (Phi) is 7.54. The maximum atomic E-state index is 13.9. The van der Waals surface area contributed by atoms with Gasteiger partial charge >= 0.3 is 6.18 Å². The van der Waals surface area contributed by atoms with Gasteiger partial charge in [-0.2, -0.15) is 13.2 Å². The van der Waals surface area contributed by atoms with Gasteiger partial charge in [0.1, 0.15) is 22.8 Å². The topological polar surface area (TPSA) is 173 Å². The van der Waals surface area contributed by atoms with Crippen LogP contribution in [0.25, 0.3) is 5.76 Å². The molecule has 0 spiro atoms. The van der Waals surface area contributed by atoms with Gasteiger partial charge in [0.2, 0.25) is 5.78 Å². The van der Waals surface area contributed by atoms with E-state index in [-0.39, 0.29) is 36.1 Å². The van der Waals surface area contributed by atoms with Crippen molar-refractivity contribution in [1.29, 1.82) is 0 Å². The molecule has 0 aromatic heterocycles. The number of phenolic OH excluding ortho intramolecular Hbond substituents is 1. The first-order valence-electron chi connectivity index (χ1n) is 12.8. The summed E-state index contributed by atoms with van der Waals surface area (Å²) in [5, 5.41) is 47.6. The van der Waals surface area contributed by atoms with Crippen molar-refractivity contribution < 1.29 is 48.0 Å². The largest absolute Gasteiger partial charge is 0.508 e. The third kappa shape index (κ3) is 4.55. The fourth-order valence-corrected chi connectivity index (χ4v) is 6.35. The lowest BCUT2D eigenvalue weighted by molar-refractivity contribution is -0.153. The molecule has 218 valence electrons. The van der Waals surface area contributed by atoms with Gasteiger partial charge in [-0.15, -0.1) is 0 Å². The SMILES string of the molecule is CCc1cc(CNCCC(F)(F)F)c(O)c2c1CC1CC3[C@H](N(C)C)C(=O)C(C(N)=O)=C(O)[C@@]3(O)C(=O)C1=C2O. The van der Waals surface area contributed by atoms with Gasteiger partial charge in [-0.1, -0.05) is 13.0 Å². The molecule has 0 saturated heterocycles. The molecule has 1 amide bonds. The number of fused-ring (bicyclic) bond motifs is 3. The normalized spacial score (nSPS) is 26.6. The number of ketones is 2. The van der Waals surface area contributed by atoms with Crippen LogP contribution in [-0.2, 0) is 33.8 Å². The highest BCUT2D eigenvalue weighted by molar-refractivity contribution is 6.24. The zero-order valence-corrected chi connectivity index (χ0v) is 22.2. The van der Waals surface area contributed by atoms with Crippen molar-refractivity contribution in [2.24, 2.45) is 17.6 Å². The minimum absolute atomic E-state index is 0.0313. The molecule has 2 unspecified atom stereocenters. The Morgan fingerprint density at radius 2 is 1.85 bits per heavy atom. The van der Waals surface area contributed by atoms with E-state index in [1.165, 1.54) is 19.0 Å². The van der Waals surface area contributed by atoms with Crippen LogP contribution in [0.3, 0.4) is 0 Å². The summed E-state index contributed by atoms with van der Waals surface area (Å²) in [7, 11) is 3.04. The fraction of sp³-hybridized carbons (Fsp3) is 0.519. The molecule has 1 aromatic carbocycles. The number of amides is 1. The number of hydrogen-bond donors (Lipinski definition) is 6. The van der Waals surface area contributed by atoms with E-state index in [4.69, 9.17) is 5.73 Å². The van der Waals surface area contributed by atoms with Crippen LogP contribution in [0, 0.1) is 11.8 Å². The molecule has 40 heavy (non-hydrogen) atoms. The Bertz CT molecular complexity index is 1350. The second kappa shape index (κ2) is 10.2. The van der Waals surface area contributed by atoms with E-state index >= 15 is 0 Å². The zero-order chi connectivity index (χ0) is 29.9. The number of aliphatic hydroxyl groups is 3. The van der Waals surface area contributed by atoms with Crippen molar-refractivity contribution in [1.82, 2.24) is 10.2 Å². The Morgan fingerprint density at radius 1 is 1.20 bits per heavy atom. The van der Waals surface area contributed by atoms with Crippen molar-refractivity contribution >= 4 is 23.2 Å². The first-order valence-corrected chi connectivity index (χ1v) is 12.8. The summed E-state index contributed by atoms with van der Waals surface area (Å²) in [4.78, 5) is 40.5. The van der Waals surface area contributed by atoms with Gasteiger partial charge in [0.05, 0.1) is 18.0 Å². The quantitative estimate of drug-likeness (QED) is 0.211. The van der Waals surface area contributed by atoms with Crippen molar-refractivity contribution in [3.8, 4) is 5.75 Å². The van der Waals surface area contributed by atoms with Crippen molar-refractivity contribution in [2.75, 3.05) is 20.6 Å². The maximum absolute atomic E-state index is 13.9. The molecular formula is C27H32F3N3O7. The van der Waals surface area contributed by atoms with Gasteiger partial charge in [0, 0.05) is 30.1 Å². The Morgan fingerprint density at radius 3 is 2.40 bits per heavy atom. The monoisotopic (exact) mass is 567 g/mol. The lowest BCUT2D eigenvalue weighted by Crippen LogP contribution is -2.65. The van der Waals surface area contributed by atoms with Crippen LogP contribution in [0.15, 0.2) is 23.0 Å². The molecule has 1 fully saturated rings. The Balaban J connectivity index is 1.84. The van der Waals surface area contributed by atoms with Crippen molar-refractivity contribution in [3.05, 3.63) is 45.2 Å². The van der Waals surface area contributed by atoms with E-state index in [1.807, 2.05) is 6.92 Å². The second-order valence-electron chi connectivity index (χ2n) is 10.8. The lowest BCUT2D eigenvalue weighted by atomic mass is 9.57. The van der Waals surface area contributed by atoms with Crippen LogP contribution >= 0.6 is 0 Å². The number of aromatic hydroxyl groups is 1. The first kappa shape index (κ1) is 29.6. The summed E-state index contributed by atoms with van der Waals surface area (Å²) >= 11 is 0. The molecule has 7 N–H and O–H groups in total. The van der Waals surface area contributed by atoms with Crippen molar-refractivity contribution in [2.45, 2.75) is 57.0 Å². The third-order valence-corrected chi connectivity index (χ3v) is 8.17. The third-order valence-electron chi connectivity index (χ3n) is 8.17. The number of nitrogens with one attached hydrogen (secondary N) is 1. The van der Waals surface area contributed by atoms with Gasteiger partial charge in [-0.05, 0) is 50.4 Å². The van der Waals surface area contributed by atoms with E-state index < -0.39 is 82.9 Å². The number of primary amides is 1. The number of phenols is 1. The number of aliphatic hydroxyl groups excluding tert-OH is 2. The van der Waals surface area contributed by atoms with Gasteiger partial charge in [-0.3, -0.25) is 19.3 Å². The van der Waals surface area contributed by atoms with Crippen LogP contribution in [0.4, 0.5) is 13.2 Å². The number of hydrogen-bond acceptors (Lipinski definition) is 9. The molecule has 0 aliphatic heterocycles. The number of nitrogens with two attached hydrogens (primary N) is 1. The van der Waals surface area contributed by atoms with Gasteiger partial charge in [-0.25, -0.2) is 0 Å². The number of halogens is 3. The van der Waals surface area contributed by atoms with E-state index in [2.05, 4.69) is 5.32 Å². The molecule has 0 radical (unpaired) electrons. The van der Waals surface area contributed by atoms with Gasteiger partial charge in [0.25, 0.3) is 5.91 Å². The molecular weight excluding hydrogens is 535 g/mol. The number of likely N-dealkylation sites (N-methyl/N-ethyl adjacent to an activating group) is 1. The summed E-state index contributed by atoms with van der Waals surface area (Å²) in [6, 6.07) is 0.454. The maximum Gasteiger partial charge on any atom is 0.390 e. The highest BCUT2D eigenvalue weighted by Gasteiger charge is 2.64. The van der Waals surface area contributed by atoms with E-state index in [0.29, 0.717) is 17.5 Å². The number of benzene rings is 1. The van der Waals surface area contributed by atoms with Crippen LogP contribution in [0.1, 0.15) is 42.0 Å². The average Bonchev–Trinajstić information content (AvgIpc) is 2.84. The Labute approximate surface area is 228 Å². The minimum Gasteiger partial charge on any atom is -0.508 e. The predicted octanol–water partition coefficient (Wildman–Crippen LogP) is 1.57. The molecule has 13 heteroatoms. The number of carbonyl (C=O) groups excluding carboxylic acids is 3. The number of carbonyl (C=O) groups is 3. The summed E-state index contributed by atoms with van der Waals surface area (Å²) < 4.78 is 37.6. The molecule has 1 aromatic rings. The molecule has 3 aliphatic rings. The van der Waals surface area contributed by atoms with Crippen molar-refractivity contribution in [3.63, 3.8) is 0 Å². The number of rotatable bonds is 7. The van der Waals surface area contributed by atoms with Crippen LogP contribution < -0.4 is 11.1 Å². The van der Waals surface area contributed by atoms with Crippen LogP contribution in [0.5, 0.6) is 5.75 Å². The molecule has 0 bridgehead atoms. The fourth-order valence-electron chi connectivity index (χ4n) is 6.35.